The first-order valence-electron chi connectivity index (χ1n) is 6.81. The molecule has 118 valence electrons. The van der Waals surface area contributed by atoms with Crippen LogP contribution in [0.4, 0.5) is 0 Å². The normalized spacial score (nSPS) is 14.2. The first-order valence-corrected chi connectivity index (χ1v) is 8.35. The molecular formula is C15H13N3O4S. The van der Waals surface area contributed by atoms with Crippen molar-refractivity contribution in [1.29, 1.82) is 0 Å². The van der Waals surface area contributed by atoms with Crippen molar-refractivity contribution in [2.45, 2.75) is 11.3 Å². The highest BCUT2D eigenvalue weighted by Crippen LogP contribution is 2.20. The van der Waals surface area contributed by atoms with Crippen LogP contribution in [-0.2, 0) is 16.4 Å². The van der Waals surface area contributed by atoms with Gasteiger partial charge in [-0.25, -0.2) is 13.6 Å². The first kappa shape index (κ1) is 15.3. The quantitative estimate of drug-likeness (QED) is 0.823. The van der Waals surface area contributed by atoms with Crippen molar-refractivity contribution in [2.75, 3.05) is 6.54 Å². The van der Waals surface area contributed by atoms with Crippen LogP contribution in [0.5, 0.6) is 0 Å². The molecule has 3 rings (SSSR count). The monoisotopic (exact) mass is 331 g/mol. The lowest BCUT2D eigenvalue weighted by molar-refractivity contribution is 0.0654. The number of carbonyl (C=O) groups excluding carboxylic acids is 2. The molecule has 0 unspecified atom stereocenters. The topological polar surface area (TPSA) is 110 Å². The fourth-order valence-corrected chi connectivity index (χ4v) is 2.92. The Labute approximate surface area is 132 Å². The molecular weight excluding hydrogens is 318 g/mol. The zero-order chi connectivity index (χ0) is 16.6. The van der Waals surface area contributed by atoms with Crippen molar-refractivity contribution >= 4 is 21.8 Å². The van der Waals surface area contributed by atoms with Gasteiger partial charge in [0.25, 0.3) is 11.8 Å². The molecule has 0 atom stereocenters. The number of pyridine rings is 1. The summed E-state index contributed by atoms with van der Waals surface area (Å²) in [5.74, 6) is -0.772. The molecule has 0 spiro atoms. The van der Waals surface area contributed by atoms with E-state index < -0.39 is 15.9 Å². The Morgan fingerprint density at radius 3 is 2.35 bits per heavy atom. The molecule has 1 aromatic carbocycles. The maximum atomic E-state index is 12.2. The second-order valence-corrected chi connectivity index (χ2v) is 6.66. The Kier molecular flexibility index (Phi) is 3.70. The van der Waals surface area contributed by atoms with E-state index in [9.17, 15) is 18.0 Å². The van der Waals surface area contributed by atoms with E-state index in [1.807, 2.05) is 0 Å². The lowest BCUT2D eigenvalue weighted by Gasteiger charge is -2.13. The molecule has 1 aliphatic heterocycles. The molecule has 2 N–H and O–H groups in total. The second-order valence-electron chi connectivity index (χ2n) is 5.10. The van der Waals surface area contributed by atoms with Crippen molar-refractivity contribution in [3.63, 3.8) is 0 Å². The van der Waals surface area contributed by atoms with E-state index in [1.54, 1.807) is 24.3 Å². The molecule has 2 amide bonds. The van der Waals surface area contributed by atoms with Crippen molar-refractivity contribution < 1.29 is 18.0 Å². The minimum atomic E-state index is -3.73. The fraction of sp³-hybridized carbons (Fsp3) is 0.133. The molecule has 0 aliphatic carbocycles. The number of primary sulfonamides is 1. The fourth-order valence-electron chi connectivity index (χ4n) is 2.40. The third kappa shape index (κ3) is 2.86. The molecule has 7 nitrogen and oxygen atoms in total. The van der Waals surface area contributed by atoms with Crippen LogP contribution < -0.4 is 5.14 Å². The second kappa shape index (κ2) is 5.56. The van der Waals surface area contributed by atoms with Crippen LogP contribution in [-0.4, -0.2) is 36.7 Å². The Hall–Kier alpha value is -2.58. The zero-order valence-electron chi connectivity index (χ0n) is 12.0. The number of nitrogens with zero attached hydrogens (tertiary/aromatic N) is 2. The number of hydrogen-bond acceptors (Lipinski definition) is 5. The smallest absolute Gasteiger partial charge is 0.273 e. The van der Waals surface area contributed by atoms with E-state index in [4.69, 9.17) is 5.14 Å². The standard InChI is InChI=1S/C15H13N3O4S/c16-23(21,22)11-5-3-10(4-6-11)7-9-18-14(19)12-2-1-8-17-13(12)15(18)20/h1-6,8H,7,9H2,(H2,16,21,22). The molecule has 2 aromatic rings. The number of amides is 2. The Bertz CT molecular complexity index is 856. The number of sulfonamides is 1. The van der Waals surface area contributed by atoms with Gasteiger partial charge in [-0.1, -0.05) is 12.1 Å². The summed E-state index contributed by atoms with van der Waals surface area (Å²) in [4.78, 5) is 29.4. The number of fused-ring (bicyclic) bond motifs is 1. The SMILES string of the molecule is NS(=O)(=O)c1ccc(CCN2C(=O)c3cccnc3C2=O)cc1. The Balaban J connectivity index is 1.73. The van der Waals surface area contributed by atoms with Crippen molar-refractivity contribution in [3.8, 4) is 0 Å². The van der Waals surface area contributed by atoms with Gasteiger partial charge < -0.3 is 0 Å². The minimum absolute atomic E-state index is 0.0196. The lowest BCUT2D eigenvalue weighted by atomic mass is 10.1. The van der Waals surface area contributed by atoms with E-state index >= 15 is 0 Å². The number of carbonyl (C=O) groups is 2. The summed E-state index contributed by atoms with van der Waals surface area (Å²) in [7, 11) is -3.73. The molecule has 23 heavy (non-hydrogen) atoms. The van der Waals surface area contributed by atoms with Crippen LogP contribution >= 0.6 is 0 Å². The van der Waals surface area contributed by atoms with Gasteiger partial charge in [-0.2, -0.15) is 0 Å². The third-order valence-electron chi connectivity index (χ3n) is 3.61. The molecule has 2 heterocycles. The maximum absolute atomic E-state index is 12.2. The van der Waals surface area contributed by atoms with E-state index in [2.05, 4.69) is 4.98 Å². The van der Waals surface area contributed by atoms with E-state index in [0.29, 0.717) is 12.0 Å². The maximum Gasteiger partial charge on any atom is 0.280 e. The van der Waals surface area contributed by atoms with Crippen LogP contribution in [0, 0.1) is 0 Å². The Morgan fingerprint density at radius 1 is 1.04 bits per heavy atom. The van der Waals surface area contributed by atoms with E-state index in [-0.39, 0.29) is 23.0 Å². The highest BCUT2D eigenvalue weighted by Gasteiger charge is 2.36. The van der Waals surface area contributed by atoms with Crippen LogP contribution in [0.1, 0.15) is 26.4 Å². The lowest BCUT2D eigenvalue weighted by Crippen LogP contribution is -2.31. The van der Waals surface area contributed by atoms with E-state index in [0.717, 1.165) is 10.5 Å². The van der Waals surface area contributed by atoms with Crippen LogP contribution in [0.3, 0.4) is 0 Å². The van der Waals surface area contributed by atoms with Gasteiger partial charge in [-0.05, 0) is 36.2 Å². The molecule has 0 fully saturated rings. The van der Waals surface area contributed by atoms with Gasteiger partial charge in [-0.15, -0.1) is 0 Å². The number of rotatable bonds is 4. The highest BCUT2D eigenvalue weighted by molar-refractivity contribution is 7.89. The van der Waals surface area contributed by atoms with Crippen molar-refractivity contribution in [1.82, 2.24) is 9.88 Å². The van der Waals surface area contributed by atoms with Gasteiger partial charge in [0.2, 0.25) is 10.0 Å². The van der Waals surface area contributed by atoms with Gasteiger partial charge in [0.15, 0.2) is 0 Å². The summed E-state index contributed by atoms with van der Waals surface area (Å²) < 4.78 is 22.4. The van der Waals surface area contributed by atoms with Crippen LogP contribution in [0.25, 0.3) is 0 Å². The summed E-state index contributed by atoms with van der Waals surface area (Å²) in [5, 5.41) is 5.03. The predicted molar refractivity (Wildman–Crippen MR) is 81.1 cm³/mol. The molecule has 1 aromatic heterocycles. The largest absolute Gasteiger partial charge is 0.280 e. The summed E-state index contributed by atoms with van der Waals surface area (Å²) in [5.41, 5.74) is 1.27. The van der Waals surface area contributed by atoms with Gasteiger partial charge in [0.05, 0.1) is 10.5 Å². The number of nitrogens with two attached hydrogens (primary N) is 1. The number of hydrogen-bond donors (Lipinski definition) is 1. The molecule has 0 bridgehead atoms. The molecule has 8 heteroatoms. The summed E-state index contributed by atoms with van der Waals surface area (Å²) in [6.07, 6.45) is 1.88. The van der Waals surface area contributed by atoms with Crippen molar-refractivity contribution in [3.05, 3.63) is 59.4 Å². The summed E-state index contributed by atoms with van der Waals surface area (Å²) in [6, 6.07) is 9.19. The third-order valence-corrected chi connectivity index (χ3v) is 4.54. The molecule has 0 saturated heterocycles. The summed E-state index contributed by atoms with van der Waals surface area (Å²) >= 11 is 0. The molecule has 0 radical (unpaired) electrons. The van der Waals surface area contributed by atoms with Crippen LogP contribution in [0.2, 0.25) is 0 Å². The van der Waals surface area contributed by atoms with Gasteiger partial charge in [0.1, 0.15) is 5.69 Å². The summed E-state index contributed by atoms with van der Waals surface area (Å²) in [6.45, 7) is 0.197. The minimum Gasteiger partial charge on any atom is -0.273 e. The van der Waals surface area contributed by atoms with Crippen LogP contribution in [0.15, 0.2) is 47.5 Å². The first-order chi connectivity index (χ1) is 10.9. The number of benzene rings is 1. The number of imide groups is 1. The predicted octanol–water partition coefficient (Wildman–Crippen LogP) is 0.568. The van der Waals surface area contributed by atoms with Gasteiger partial charge >= 0.3 is 0 Å². The zero-order valence-corrected chi connectivity index (χ0v) is 12.8. The van der Waals surface area contributed by atoms with Gasteiger partial charge in [0, 0.05) is 12.7 Å². The van der Waals surface area contributed by atoms with Crippen molar-refractivity contribution in [2.24, 2.45) is 5.14 Å². The van der Waals surface area contributed by atoms with Gasteiger partial charge in [-0.3, -0.25) is 19.5 Å². The molecule has 0 saturated carbocycles. The molecule has 1 aliphatic rings. The average molecular weight is 331 g/mol. The Morgan fingerprint density at radius 2 is 1.74 bits per heavy atom. The highest BCUT2D eigenvalue weighted by atomic mass is 32.2. The average Bonchev–Trinajstić information content (AvgIpc) is 2.77. The van der Waals surface area contributed by atoms with E-state index in [1.165, 1.54) is 18.3 Å². The number of aromatic nitrogens is 1.